The maximum atomic E-state index is 14.4. The van der Waals surface area contributed by atoms with Crippen LogP contribution in [0.3, 0.4) is 0 Å². The molecule has 0 aliphatic carbocycles. The van der Waals surface area contributed by atoms with Crippen LogP contribution >= 0.6 is 0 Å². The van der Waals surface area contributed by atoms with Gasteiger partial charge in [0.05, 0.1) is 41.3 Å². The molecule has 0 spiro atoms. The van der Waals surface area contributed by atoms with Gasteiger partial charge >= 0.3 is 6.09 Å². The Kier molecular flexibility index (Phi) is 7.57. The number of alkyl carbamates (subject to hydrolysis) is 1. The molecule has 1 aliphatic heterocycles. The molecule has 0 unspecified atom stereocenters. The van der Waals surface area contributed by atoms with Gasteiger partial charge in [-0.15, -0.1) is 0 Å². The van der Waals surface area contributed by atoms with Crippen LogP contribution in [0.1, 0.15) is 49.3 Å². The molecule has 1 atom stereocenters. The van der Waals surface area contributed by atoms with Crippen LogP contribution in [0.2, 0.25) is 0 Å². The van der Waals surface area contributed by atoms with Crippen LogP contribution in [0.4, 0.5) is 20.6 Å². The second kappa shape index (κ2) is 10.8. The van der Waals surface area contributed by atoms with Gasteiger partial charge in [0, 0.05) is 36.6 Å². The second-order valence-electron chi connectivity index (χ2n) is 9.74. The van der Waals surface area contributed by atoms with E-state index in [2.05, 4.69) is 37.8 Å². The van der Waals surface area contributed by atoms with Gasteiger partial charge < -0.3 is 30.4 Å². The first-order valence-corrected chi connectivity index (χ1v) is 12.2. The minimum atomic E-state index is -0.624. The highest BCUT2D eigenvalue weighted by Crippen LogP contribution is 2.40. The summed E-state index contributed by atoms with van der Waals surface area (Å²) < 4.78 is 25.0. The Morgan fingerprint density at radius 1 is 1.26 bits per heavy atom. The number of carbonyl (C=O) groups excluding carboxylic acids is 2. The van der Waals surface area contributed by atoms with Gasteiger partial charge in [0.25, 0.3) is 5.91 Å². The van der Waals surface area contributed by atoms with Gasteiger partial charge in [-0.2, -0.15) is 0 Å². The van der Waals surface area contributed by atoms with Crippen molar-refractivity contribution in [2.75, 3.05) is 19.0 Å². The van der Waals surface area contributed by atoms with Crippen molar-refractivity contribution in [2.24, 2.45) is 0 Å². The maximum absolute atomic E-state index is 14.4. The number of carbonyl (C=O) groups is 2. The van der Waals surface area contributed by atoms with E-state index >= 15 is 0 Å². The van der Waals surface area contributed by atoms with E-state index in [1.807, 2.05) is 0 Å². The molecule has 0 saturated heterocycles. The zero-order valence-corrected chi connectivity index (χ0v) is 21.9. The van der Waals surface area contributed by atoms with Crippen molar-refractivity contribution < 1.29 is 23.5 Å². The molecule has 0 radical (unpaired) electrons. The fourth-order valence-electron chi connectivity index (χ4n) is 4.07. The van der Waals surface area contributed by atoms with Gasteiger partial charge in [0.1, 0.15) is 5.60 Å². The molecule has 9 nitrogen and oxygen atoms in total. The number of aromatic nitrogens is 2. The monoisotopic (exact) mass is 519 g/mol. The number of fused-ring (bicyclic) bond motifs is 1. The van der Waals surface area contributed by atoms with E-state index in [0.29, 0.717) is 46.7 Å². The standard InChI is InChI=1S/C28H30FN5O4/c1-16(32-27(36)38-28(2,3)4)9-10-17-15-30-13-11-18(17)23-24(22-20(33-23)12-14-31-26(22)35)34-21-8-6-7-19(29)25(21)37-5/h6-8,11,13,15-16,33-34H,12,14H2,1-5H3,(H,31,35)(H,32,36)/t16-/m0/s1. The number of amides is 2. The third-order valence-corrected chi connectivity index (χ3v) is 5.64. The highest BCUT2D eigenvalue weighted by Gasteiger charge is 2.28. The Morgan fingerprint density at radius 2 is 2.05 bits per heavy atom. The Morgan fingerprint density at radius 3 is 2.79 bits per heavy atom. The zero-order chi connectivity index (χ0) is 27.4. The van der Waals surface area contributed by atoms with Gasteiger partial charge in [0.15, 0.2) is 11.6 Å². The summed E-state index contributed by atoms with van der Waals surface area (Å²) >= 11 is 0. The minimum Gasteiger partial charge on any atom is -0.492 e. The Labute approximate surface area is 220 Å². The van der Waals surface area contributed by atoms with Crippen LogP contribution in [0.5, 0.6) is 5.75 Å². The number of pyridine rings is 1. The van der Waals surface area contributed by atoms with Crippen LogP contribution in [0.25, 0.3) is 11.3 Å². The van der Waals surface area contributed by atoms with Crippen LogP contribution in [0, 0.1) is 17.7 Å². The molecule has 0 saturated carbocycles. The third kappa shape index (κ3) is 5.89. The Balaban J connectivity index is 1.74. The number of halogens is 1. The quantitative estimate of drug-likeness (QED) is 0.368. The molecule has 198 valence electrons. The summed E-state index contributed by atoms with van der Waals surface area (Å²) in [4.78, 5) is 32.6. The van der Waals surface area contributed by atoms with Gasteiger partial charge in [-0.3, -0.25) is 9.78 Å². The number of hydrogen-bond donors (Lipinski definition) is 4. The molecule has 0 fully saturated rings. The van der Waals surface area contributed by atoms with Gasteiger partial charge in [-0.1, -0.05) is 17.9 Å². The van der Waals surface area contributed by atoms with Crippen LogP contribution in [-0.2, 0) is 11.2 Å². The molecule has 3 aromatic rings. The van der Waals surface area contributed by atoms with Crippen molar-refractivity contribution in [3.63, 3.8) is 0 Å². The van der Waals surface area contributed by atoms with Crippen molar-refractivity contribution in [1.82, 2.24) is 20.6 Å². The van der Waals surface area contributed by atoms with Crippen molar-refractivity contribution >= 4 is 23.4 Å². The lowest BCUT2D eigenvalue weighted by atomic mass is 10.0. The van der Waals surface area contributed by atoms with Crippen LogP contribution < -0.4 is 20.7 Å². The molecule has 4 N–H and O–H groups in total. The van der Waals surface area contributed by atoms with Crippen LogP contribution in [0.15, 0.2) is 36.7 Å². The van der Waals surface area contributed by atoms with Crippen molar-refractivity contribution in [3.05, 3.63) is 59.3 Å². The van der Waals surface area contributed by atoms with Gasteiger partial charge in [-0.05, 0) is 45.9 Å². The smallest absolute Gasteiger partial charge is 0.408 e. The number of rotatable bonds is 5. The second-order valence-corrected chi connectivity index (χ2v) is 9.74. The van der Waals surface area contributed by atoms with E-state index in [-0.39, 0.29) is 11.7 Å². The fourth-order valence-corrected chi connectivity index (χ4v) is 4.07. The summed E-state index contributed by atoms with van der Waals surface area (Å²) in [5.41, 5.74) is 3.24. The van der Waals surface area contributed by atoms with Gasteiger partial charge in [-0.25, -0.2) is 9.18 Å². The Bertz CT molecular complexity index is 1430. The number of H-pyrrole nitrogens is 1. The molecule has 0 bridgehead atoms. The predicted molar refractivity (Wildman–Crippen MR) is 142 cm³/mol. The van der Waals surface area contributed by atoms with Crippen molar-refractivity contribution in [3.8, 4) is 28.8 Å². The topological polar surface area (TPSA) is 117 Å². The summed E-state index contributed by atoms with van der Waals surface area (Å²) in [5, 5.41) is 8.77. The molecule has 1 aromatic carbocycles. The maximum Gasteiger partial charge on any atom is 0.408 e. The van der Waals surface area contributed by atoms with E-state index in [0.717, 1.165) is 5.69 Å². The van der Waals surface area contributed by atoms with E-state index < -0.39 is 23.6 Å². The Hall–Kier alpha value is -4.52. The summed E-state index contributed by atoms with van der Waals surface area (Å²) in [6, 6.07) is 5.80. The van der Waals surface area contributed by atoms with E-state index in [1.165, 1.54) is 13.2 Å². The van der Waals surface area contributed by atoms with E-state index in [4.69, 9.17) is 9.47 Å². The number of nitrogens with zero attached hydrogens (tertiary/aromatic N) is 1. The van der Waals surface area contributed by atoms with Crippen molar-refractivity contribution in [1.29, 1.82) is 0 Å². The lowest BCUT2D eigenvalue weighted by molar-refractivity contribution is 0.0519. The predicted octanol–water partition coefficient (Wildman–Crippen LogP) is 4.52. The molecular weight excluding hydrogens is 489 g/mol. The highest BCUT2D eigenvalue weighted by atomic mass is 19.1. The lowest BCUT2D eigenvalue weighted by Crippen LogP contribution is -2.37. The average molecular weight is 520 g/mol. The zero-order valence-electron chi connectivity index (χ0n) is 21.9. The van der Waals surface area contributed by atoms with E-state index in [9.17, 15) is 14.0 Å². The molecule has 10 heteroatoms. The number of benzene rings is 1. The number of ether oxygens (including phenoxy) is 2. The largest absolute Gasteiger partial charge is 0.492 e. The molecule has 1 aliphatic rings. The SMILES string of the molecule is COc1c(F)cccc1Nc1c(-c2ccncc2C#C[C@H](C)NC(=O)OC(C)(C)C)[nH]c2c1C(=O)NCC2. The van der Waals surface area contributed by atoms with Crippen molar-refractivity contribution in [2.45, 2.75) is 45.8 Å². The number of methoxy groups -OCH3 is 1. The third-order valence-electron chi connectivity index (χ3n) is 5.64. The molecular formula is C28H30FN5O4. The molecule has 2 aromatic heterocycles. The first-order valence-electron chi connectivity index (χ1n) is 12.2. The molecule has 38 heavy (non-hydrogen) atoms. The summed E-state index contributed by atoms with van der Waals surface area (Å²) in [5.74, 6) is 5.33. The van der Waals surface area contributed by atoms with Gasteiger partial charge in [0.2, 0.25) is 0 Å². The molecule has 2 amide bonds. The minimum absolute atomic E-state index is 0.0291. The normalized spacial score (nSPS) is 13.4. The summed E-state index contributed by atoms with van der Waals surface area (Å²) in [7, 11) is 1.38. The van der Waals surface area contributed by atoms with Crippen LogP contribution in [-0.4, -0.2) is 47.3 Å². The number of hydrogen-bond acceptors (Lipinski definition) is 6. The summed E-state index contributed by atoms with van der Waals surface area (Å²) in [6.07, 6.45) is 3.26. The number of aromatic amines is 1. The number of anilines is 2. The fraction of sp³-hybridized carbons (Fsp3) is 0.321. The van der Waals surface area contributed by atoms with E-state index in [1.54, 1.807) is 58.3 Å². The summed E-state index contributed by atoms with van der Waals surface area (Å²) in [6.45, 7) is 7.59. The molecule has 4 rings (SSSR count). The first-order chi connectivity index (χ1) is 18.1. The lowest BCUT2D eigenvalue weighted by Gasteiger charge is -2.20. The highest BCUT2D eigenvalue weighted by molar-refractivity contribution is 6.06. The first kappa shape index (κ1) is 26.5. The molecule has 3 heterocycles. The average Bonchev–Trinajstić information content (AvgIpc) is 3.21. The number of nitrogens with one attached hydrogen (secondary N) is 4. The number of para-hydroxylation sites is 1.